The lowest BCUT2D eigenvalue weighted by Crippen LogP contribution is -2.15. The van der Waals surface area contributed by atoms with Crippen molar-refractivity contribution in [2.24, 2.45) is 0 Å². The number of halogens is 1. The van der Waals surface area contributed by atoms with Gasteiger partial charge in [0.05, 0.1) is 0 Å². The highest BCUT2D eigenvalue weighted by molar-refractivity contribution is 14.1. The normalized spacial score (nSPS) is 13.3. The average molecular weight is 649 g/mol. The molecule has 7 aromatic rings. The molecule has 7 aromatic carbocycles. The van der Waals surface area contributed by atoms with Gasteiger partial charge in [-0.25, -0.2) is 0 Å². The second-order valence-electron chi connectivity index (χ2n) is 11.9. The molecule has 0 bridgehead atoms. The summed E-state index contributed by atoms with van der Waals surface area (Å²) in [6, 6.07) is 51.6. The van der Waals surface area contributed by atoms with Gasteiger partial charge in [-0.05, 0) is 124 Å². The molecule has 0 nitrogen and oxygen atoms in total. The molecular formula is C41H29I. The highest BCUT2D eigenvalue weighted by Crippen LogP contribution is 2.51. The van der Waals surface area contributed by atoms with Gasteiger partial charge in [-0.2, -0.15) is 0 Å². The van der Waals surface area contributed by atoms with Crippen LogP contribution in [0.4, 0.5) is 0 Å². The number of benzene rings is 7. The maximum absolute atomic E-state index is 2.46. The molecule has 0 N–H and O–H groups in total. The van der Waals surface area contributed by atoms with Gasteiger partial charge in [0.2, 0.25) is 0 Å². The van der Waals surface area contributed by atoms with Crippen LogP contribution in [-0.2, 0) is 5.41 Å². The van der Waals surface area contributed by atoms with Gasteiger partial charge in [0.25, 0.3) is 0 Å². The van der Waals surface area contributed by atoms with Gasteiger partial charge in [0, 0.05) is 8.99 Å². The molecule has 0 aliphatic heterocycles. The fourth-order valence-corrected chi connectivity index (χ4v) is 7.59. The Hall–Kier alpha value is -4.21. The van der Waals surface area contributed by atoms with Crippen molar-refractivity contribution in [1.82, 2.24) is 0 Å². The van der Waals surface area contributed by atoms with Gasteiger partial charge in [-0.3, -0.25) is 0 Å². The fourth-order valence-electron chi connectivity index (χ4n) is 7.10. The van der Waals surface area contributed by atoms with E-state index in [1.54, 1.807) is 0 Å². The van der Waals surface area contributed by atoms with E-state index in [1.165, 1.54) is 80.7 Å². The van der Waals surface area contributed by atoms with Crippen molar-refractivity contribution in [3.05, 3.63) is 154 Å². The zero-order valence-electron chi connectivity index (χ0n) is 23.7. The van der Waals surface area contributed by atoms with E-state index in [-0.39, 0.29) is 5.41 Å². The van der Waals surface area contributed by atoms with Crippen molar-refractivity contribution in [2.75, 3.05) is 0 Å². The highest BCUT2D eigenvalue weighted by Gasteiger charge is 2.36. The zero-order valence-corrected chi connectivity index (χ0v) is 25.8. The molecule has 0 saturated carbocycles. The van der Waals surface area contributed by atoms with Crippen LogP contribution >= 0.6 is 22.6 Å². The van der Waals surface area contributed by atoms with Crippen LogP contribution in [0.2, 0.25) is 0 Å². The number of rotatable bonds is 3. The van der Waals surface area contributed by atoms with Crippen molar-refractivity contribution >= 4 is 44.1 Å². The molecule has 0 atom stereocenters. The zero-order chi connectivity index (χ0) is 28.4. The molecule has 0 amide bonds. The molecule has 1 heteroatoms. The smallest absolute Gasteiger partial charge is 0.0159 e. The van der Waals surface area contributed by atoms with E-state index < -0.39 is 0 Å². The standard InChI is InChI=1S/C41H29I/c1-41(2)37-24-29(19-21-31(37)32-22-20-30(42)25-38(32)41)40-35-17-8-6-15-33(35)39(34-16-7-9-18-36(34)40)28-14-10-13-27(23-28)26-11-4-3-5-12-26/h3-25H,1-2H3. The Labute approximate surface area is 260 Å². The maximum Gasteiger partial charge on any atom is 0.0159 e. The minimum Gasteiger partial charge on any atom is -0.0622 e. The summed E-state index contributed by atoms with van der Waals surface area (Å²) in [5.41, 5.74) is 13.1. The predicted octanol–water partition coefficient (Wildman–Crippen LogP) is 11.9. The van der Waals surface area contributed by atoms with Crippen molar-refractivity contribution < 1.29 is 0 Å². The van der Waals surface area contributed by atoms with Crippen LogP contribution in [0.15, 0.2) is 140 Å². The number of hydrogen-bond donors (Lipinski definition) is 0. The van der Waals surface area contributed by atoms with Crippen LogP contribution < -0.4 is 0 Å². The van der Waals surface area contributed by atoms with E-state index in [4.69, 9.17) is 0 Å². The van der Waals surface area contributed by atoms with Gasteiger partial charge < -0.3 is 0 Å². The molecule has 0 heterocycles. The summed E-state index contributed by atoms with van der Waals surface area (Å²) in [6.45, 7) is 4.74. The molecule has 42 heavy (non-hydrogen) atoms. The van der Waals surface area contributed by atoms with Crippen LogP contribution in [0.5, 0.6) is 0 Å². The van der Waals surface area contributed by atoms with Crippen LogP contribution in [0.25, 0.3) is 66.1 Å². The third-order valence-electron chi connectivity index (χ3n) is 9.12. The van der Waals surface area contributed by atoms with E-state index in [0.717, 1.165) is 0 Å². The fraction of sp³-hybridized carbons (Fsp3) is 0.0732. The first kappa shape index (κ1) is 25.5. The lowest BCUT2D eigenvalue weighted by molar-refractivity contribution is 0.660. The molecule has 0 aromatic heterocycles. The summed E-state index contributed by atoms with van der Waals surface area (Å²) in [5, 5.41) is 5.15. The highest BCUT2D eigenvalue weighted by atomic mass is 127. The Morgan fingerprint density at radius 2 is 0.881 bits per heavy atom. The molecule has 0 unspecified atom stereocenters. The topological polar surface area (TPSA) is 0 Å². The van der Waals surface area contributed by atoms with Gasteiger partial charge >= 0.3 is 0 Å². The summed E-state index contributed by atoms with van der Waals surface area (Å²) < 4.78 is 1.29. The Morgan fingerprint density at radius 3 is 1.50 bits per heavy atom. The summed E-state index contributed by atoms with van der Waals surface area (Å²) in [4.78, 5) is 0. The lowest BCUT2D eigenvalue weighted by Gasteiger charge is -2.23. The Balaban J connectivity index is 1.39. The minimum atomic E-state index is -0.0503. The summed E-state index contributed by atoms with van der Waals surface area (Å²) >= 11 is 2.44. The first-order valence-corrected chi connectivity index (χ1v) is 15.6. The van der Waals surface area contributed by atoms with Crippen molar-refractivity contribution in [2.45, 2.75) is 19.3 Å². The first-order chi connectivity index (χ1) is 20.5. The second kappa shape index (κ2) is 9.68. The summed E-state index contributed by atoms with van der Waals surface area (Å²) in [5.74, 6) is 0. The Bertz CT molecular complexity index is 2110. The first-order valence-electron chi connectivity index (χ1n) is 14.6. The van der Waals surface area contributed by atoms with Crippen LogP contribution in [0.3, 0.4) is 0 Å². The molecule has 0 fully saturated rings. The van der Waals surface area contributed by atoms with Crippen LogP contribution in [0, 0.1) is 3.57 Å². The number of hydrogen-bond acceptors (Lipinski definition) is 0. The third-order valence-corrected chi connectivity index (χ3v) is 9.79. The Morgan fingerprint density at radius 1 is 0.405 bits per heavy atom. The third kappa shape index (κ3) is 3.87. The van der Waals surface area contributed by atoms with E-state index in [2.05, 4.69) is 176 Å². The van der Waals surface area contributed by atoms with E-state index in [1.807, 2.05) is 0 Å². The van der Waals surface area contributed by atoms with E-state index >= 15 is 0 Å². The van der Waals surface area contributed by atoms with Crippen molar-refractivity contribution in [1.29, 1.82) is 0 Å². The molecule has 0 radical (unpaired) electrons. The maximum atomic E-state index is 2.46. The van der Waals surface area contributed by atoms with E-state index in [0.29, 0.717) is 0 Å². The molecule has 1 aliphatic rings. The summed E-state index contributed by atoms with van der Waals surface area (Å²) in [6.07, 6.45) is 0. The van der Waals surface area contributed by atoms with E-state index in [9.17, 15) is 0 Å². The minimum absolute atomic E-state index is 0.0503. The predicted molar refractivity (Wildman–Crippen MR) is 188 cm³/mol. The second-order valence-corrected chi connectivity index (χ2v) is 13.1. The van der Waals surface area contributed by atoms with Crippen LogP contribution in [-0.4, -0.2) is 0 Å². The van der Waals surface area contributed by atoms with Crippen molar-refractivity contribution in [3.8, 4) is 44.5 Å². The monoisotopic (exact) mass is 648 g/mol. The lowest BCUT2D eigenvalue weighted by atomic mass is 9.80. The largest absolute Gasteiger partial charge is 0.0622 e. The average Bonchev–Trinajstić information content (AvgIpc) is 3.25. The molecule has 0 saturated heterocycles. The van der Waals surface area contributed by atoms with Gasteiger partial charge in [-0.1, -0.05) is 129 Å². The Kier molecular flexibility index (Phi) is 5.87. The quantitative estimate of drug-likeness (QED) is 0.132. The van der Waals surface area contributed by atoms with Gasteiger partial charge in [0.15, 0.2) is 0 Å². The molecule has 0 spiro atoms. The SMILES string of the molecule is CC1(C)c2cc(I)ccc2-c2ccc(-c3c4ccccc4c(-c4cccc(-c5ccccc5)c4)c4ccccc34)cc21. The van der Waals surface area contributed by atoms with Gasteiger partial charge in [0.1, 0.15) is 0 Å². The molecule has 1 aliphatic carbocycles. The molecule has 8 rings (SSSR count). The number of fused-ring (bicyclic) bond motifs is 5. The van der Waals surface area contributed by atoms with Crippen molar-refractivity contribution in [3.63, 3.8) is 0 Å². The summed E-state index contributed by atoms with van der Waals surface area (Å²) in [7, 11) is 0. The molecular weight excluding hydrogens is 619 g/mol. The van der Waals surface area contributed by atoms with Gasteiger partial charge in [-0.15, -0.1) is 0 Å². The van der Waals surface area contributed by atoms with Crippen LogP contribution in [0.1, 0.15) is 25.0 Å². The molecule has 200 valence electrons.